The molecular formula is C18H15ClN2O7. The molecule has 0 saturated heterocycles. The summed E-state index contributed by atoms with van der Waals surface area (Å²) >= 11 is 5.69. The molecule has 1 atom stereocenters. The molecule has 1 aliphatic rings. The number of carbonyl (C=O) groups excluding carboxylic acids is 2. The monoisotopic (exact) mass is 406 g/mol. The van der Waals surface area contributed by atoms with E-state index in [1.54, 1.807) is 12.1 Å². The Hall–Kier alpha value is -3.33. The number of hydrogen-bond acceptors (Lipinski definition) is 7. The van der Waals surface area contributed by atoms with E-state index in [-0.39, 0.29) is 29.8 Å². The maximum Gasteiger partial charge on any atom is 0.338 e. The second-order valence-electron chi connectivity index (χ2n) is 5.80. The van der Waals surface area contributed by atoms with E-state index in [0.717, 1.165) is 6.07 Å². The summed E-state index contributed by atoms with van der Waals surface area (Å²) < 4.78 is 16.1. The van der Waals surface area contributed by atoms with Crippen LogP contribution in [0.4, 0.5) is 5.69 Å². The highest BCUT2D eigenvalue weighted by Gasteiger charge is 2.22. The van der Waals surface area contributed by atoms with Crippen LogP contribution in [-0.2, 0) is 9.53 Å². The van der Waals surface area contributed by atoms with Crippen LogP contribution in [0, 0.1) is 10.1 Å². The molecule has 0 saturated carbocycles. The minimum atomic E-state index is -0.874. The lowest BCUT2D eigenvalue weighted by atomic mass is 10.2. The zero-order valence-electron chi connectivity index (χ0n) is 14.4. The van der Waals surface area contributed by atoms with Crippen molar-refractivity contribution in [2.45, 2.75) is 6.10 Å². The van der Waals surface area contributed by atoms with Gasteiger partial charge in [0.1, 0.15) is 17.7 Å². The molecule has 0 unspecified atom stereocenters. The summed E-state index contributed by atoms with van der Waals surface area (Å²) in [6.45, 7) is -0.109. The highest BCUT2D eigenvalue weighted by atomic mass is 35.5. The maximum atomic E-state index is 12.0. The zero-order chi connectivity index (χ0) is 20.1. The van der Waals surface area contributed by atoms with Gasteiger partial charge in [-0.2, -0.15) is 0 Å². The standard InChI is InChI=1S/C18H15ClN2O7/c19-13-6-5-11(7-14(13)21(24)25)18(23)27-10-17(22)20-8-12-9-26-15-3-1-2-4-16(15)28-12/h1-7,12H,8-10H2,(H,20,22)/t12-/m0/s1. The molecule has 1 heterocycles. The topological polar surface area (TPSA) is 117 Å². The number of nitrogens with zero attached hydrogens (tertiary/aromatic N) is 1. The third-order valence-electron chi connectivity index (χ3n) is 3.81. The Morgan fingerprint density at radius 2 is 2.00 bits per heavy atom. The van der Waals surface area contributed by atoms with Crippen LogP contribution in [0.15, 0.2) is 42.5 Å². The van der Waals surface area contributed by atoms with Crippen LogP contribution in [0.2, 0.25) is 5.02 Å². The number of amides is 1. The number of benzene rings is 2. The number of halogens is 1. The number of esters is 1. The Balaban J connectivity index is 1.46. The summed E-state index contributed by atoms with van der Waals surface area (Å²) in [4.78, 5) is 34.0. The van der Waals surface area contributed by atoms with Crippen LogP contribution in [0.25, 0.3) is 0 Å². The molecule has 0 radical (unpaired) electrons. The van der Waals surface area contributed by atoms with Crippen LogP contribution < -0.4 is 14.8 Å². The van der Waals surface area contributed by atoms with E-state index in [9.17, 15) is 19.7 Å². The lowest BCUT2D eigenvalue weighted by Gasteiger charge is -2.26. The van der Waals surface area contributed by atoms with E-state index >= 15 is 0 Å². The van der Waals surface area contributed by atoms with E-state index in [4.69, 9.17) is 25.8 Å². The Kier molecular flexibility index (Phi) is 5.95. The summed E-state index contributed by atoms with van der Waals surface area (Å²) in [5.74, 6) is -0.194. The third-order valence-corrected chi connectivity index (χ3v) is 4.13. The largest absolute Gasteiger partial charge is 0.486 e. The third kappa shape index (κ3) is 4.68. The molecule has 146 valence electrons. The van der Waals surface area contributed by atoms with Crippen LogP contribution in [0.3, 0.4) is 0 Å². The Bertz CT molecular complexity index is 919. The van der Waals surface area contributed by atoms with E-state index in [2.05, 4.69) is 5.32 Å². The van der Waals surface area contributed by atoms with E-state index in [1.165, 1.54) is 12.1 Å². The van der Waals surface area contributed by atoms with Gasteiger partial charge in [0.15, 0.2) is 18.1 Å². The average molecular weight is 407 g/mol. The molecule has 1 N–H and O–H groups in total. The first kappa shape index (κ1) is 19.4. The summed E-state index contributed by atoms with van der Waals surface area (Å²) in [5, 5.41) is 13.3. The molecule has 3 rings (SSSR count). The number of nitro benzene ring substituents is 1. The Morgan fingerprint density at radius 1 is 1.25 bits per heavy atom. The van der Waals surface area contributed by atoms with E-state index < -0.39 is 29.1 Å². The maximum absolute atomic E-state index is 12.0. The van der Waals surface area contributed by atoms with E-state index in [0.29, 0.717) is 11.5 Å². The van der Waals surface area contributed by atoms with Gasteiger partial charge in [0, 0.05) is 6.07 Å². The fraction of sp³-hybridized carbons (Fsp3) is 0.222. The quantitative estimate of drug-likeness (QED) is 0.444. The SMILES string of the molecule is O=C(COC(=O)c1ccc(Cl)c([N+](=O)[O-])c1)NC[C@H]1COc2ccccc2O1. The van der Waals surface area contributed by atoms with Gasteiger partial charge in [0.25, 0.3) is 11.6 Å². The molecule has 10 heteroatoms. The van der Waals surface area contributed by atoms with Crippen LogP contribution >= 0.6 is 11.6 Å². The lowest BCUT2D eigenvalue weighted by Crippen LogP contribution is -2.42. The minimum absolute atomic E-state index is 0.0791. The summed E-state index contributed by atoms with van der Waals surface area (Å²) in [7, 11) is 0. The predicted molar refractivity (Wildman–Crippen MR) is 97.8 cm³/mol. The number of nitrogens with one attached hydrogen (secondary N) is 1. The number of fused-ring (bicyclic) bond motifs is 1. The van der Waals surface area contributed by atoms with Gasteiger partial charge in [-0.25, -0.2) is 4.79 Å². The molecule has 2 aromatic carbocycles. The predicted octanol–water partition coefficient (Wildman–Crippen LogP) is 2.36. The van der Waals surface area contributed by atoms with Crippen molar-refractivity contribution >= 4 is 29.2 Å². The lowest BCUT2D eigenvalue weighted by molar-refractivity contribution is -0.384. The number of para-hydroxylation sites is 2. The van der Waals surface area contributed by atoms with Crippen LogP contribution in [0.5, 0.6) is 11.5 Å². The second kappa shape index (κ2) is 8.57. The molecule has 2 aromatic rings. The Labute approximate surface area is 164 Å². The number of carbonyl (C=O) groups is 2. The van der Waals surface area contributed by atoms with Crippen LogP contribution in [-0.4, -0.2) is 42.7 Å². The first-order valence-corrected chi connectivity index (χ1v) is 8.58. The van der Waals surface area contributed by atoms with Gasteiger partial charge < -0.3 is 19.5 Å². The highest BCUT2D eigenvalue weighted by Crippen LogP contribution is 2.30. The molecule has 9 nitrogen and oxygen atoms in total. The smallest absolute Gasteiger partial charge is 0.338 e. The molecule has 1 aliphatic heterocycles. The molecular weight excluding hydrogens is 392 g/mol. The second-order valence-corrected chi connectivity index (χ2v) is 6.21. The van der Waals surface area contributed by atoms with Crippen molar-refractivity contribution in [2.24, 2.45) is 0 Å². The van der Waals surface area contributed by atoms with Gasteiger partial charge in [-0.15, -0.1) is 0 Å². The van der Waals surface area contributed by atoms with Gasteiger partial charge >= 0.3 is 5.97 Å². The Morgan fingerprint density at radius 3 is 2.75 bits per heavy atom. The number of ether oxygens (including phenoxy) is 3. The number of nitro groups is 1. The number of rotatable bonds is 6. The zero-order valence-corrected chi connectivity index (χ0v) is 15.2. The molecule has 0 aromatic heterocycles. The first-order chi connectivity index (χ1) is 13.4. The van der Waals surface area contributed by atoms with Crippen molar-refractivity contribution in [3.8, 4) is 11.5 Å². The average Bonchev–Trinajstić information content (AvgIpc) is 2.70. The van der Waals surface area contributed by atoms with Gasteiger partial charge in [-0.1, -0.05) is 23.7 Å². The van der Waals surface area contributed by atoms with Crippen molar-refractivity contribution in [2.75, 3.05) is 19.8 Å². The van der Waals surface area contributed by atoms with Crippen molar-refractivity contribution in [1.29, 1.82) is 0 Å². The van der Waals surface area contributed by atoms with Crippen LogP contribution in [0.1, 0.15) is 10.4 Å². The molecule has 0 aliphatic carbocycles. The molecule has 0 spiro atoms. The van der Waals surface area contributed by atoms with Crippen molar-refractivity contribution in [3.63, 3.8) is 0 Å². The van der Waals surface area contributed by atoms with Gasteiger partial charge in [-0.05, 0) is 24.3 Å². The number of hydrogen-bond donors (Lipinski definition) is 1. The summed E-state index contributed by atoms with van der Waals surface area (Å²) in [6, 6.07) is 10.7. The van der Waals surface area contributed by atoms with Gasteiger partial charge in [0.2, 0.25) is 0 Å². The minimum Gasteiger partial charge on any atom is -0.486 e. The summed E-state index contributed by atoms with van der Waals surface area (Å²) in [6.07, 6.45) is -0.381. The molecule has 0 fully saturated rings. The normalized spacial score (nSPS) is 14.8. The van der Waals surface area contributed by atoms with Gasteiger partial charge in [-0.3, -0.25) is 14.9 Å². The van der Waals surface area contributed by atoms with Gasteiger partial charge in [0.05, 0.1) is 17.0 Å². The highest BCUT2D eigenvalue weighted by molar-refractivity contribution is 6.32. The molecule has 0 bridgehead atoms. The van der Waals surface area contributed by atoms with E-state index in [1.807, 2.05) is 12.1 Å². The molecule has 28 heavy (non-hydrogen) atoms. The first-order valence-electron chi connectivity index (χ1n) is 8.20. The van der Waals surface area contributed by atoms with Crippen molar-refractivity contribution in [3.05, 3.63) is 63.2 Å². The fourth-order valence-electron chi connectivity index (χ4n) is 2.44. The van der Waals surface area contributed by atoms with Crippen molar-refractivity contribution in [1.82, 2.24) is 5.32 Å². The summed E-state index contributed by atoms with van der Waals surface area (Å²) in [5.41, 5.74) is -0.500. The molecule has 1 amide bonds. The fourth-order valence-corrected chi connectivity index (χ4v) is 2.62. The van der Waals surface area contributed by atoms with Crippen molar-refractivity contribution < 1.29 is 28.7 Å².